The fourth-order valence-electron chi connectivity index (χ4n) is 3.47. The maximum absolute atomic E-state index is 12.1. The Hall–Kier alpha value is -2.95. The summed E-state index contributed by atoms with van der Waals surface area (Å²) in [4.78, 5) is 12.1. The summed E-state index contributed by atoms with van der Waals surface area (Å²) < 4.78 is 16.0. The molecule has 0 spiro atoms. The molecule has 3 aromatic rings. The first-order valence-electron chi connectivity index (χ1n) is 9.22. The van der Waals surface area contributed by atoms with Crippen LogP contribution in [0.3, 0.4) is 0 Å². The number of aromatic hydroxyl groups is 1. The van der Waals surface area contributed by atoms with Gasteiger partial charge in [0.2, 0.25) is 6.29 Å². The molecule has 1 fully saturated rings. The highest BCUT2D eigenvalue weighted by molar-refractivity contribution is 5.98. The highest BCUT2D eigenvalue weighted by Crippen LogP contribution is 2.37. The number of phenolic OH excluding ortho intramolecular Hbond substituents is 1. The fourth-order valence-corrected chi connectivity index (χ4v) is 3.47. The normalized spacial score (nSPS) is 26.6. The SMILES string of the molecule is O=c1cc(-c2ccccc2)c2c(O)cc(O[C@@H]3O[C@@H](CO)[C@@H](O)[C@H](O)[C@H]3O)cc2o1. The van der Waals surface area contributed by atoms with Crippen molar-refractivity contribution in [2.24, 2.45) is 0 Å². The molecule has 1 aromatic heterocycles. The second kappa shape index (κ2) is 8.05. The molecule has 4 rings (SSSR count). The number of phenols is 1. The first-order valence-corrected chi connectivity index (χ1v) is 9.22. The molecule has 0 amide bonds. The minimum atomic E-state index is -1.62. The molecular formula is C21H20O9. The molecule has 9 heteroatoms. The monoisotopic (exact) mass is 416 g/mol. The van der Waals surface area contributed by atoms with Gasteiger partial charge in [0, 0.05) is 23.8 Å². The Morgan fingerprint density at radius 3 is 2.40 bits per heavy atom. The second-order valence-corrected chi connectivity index (χ2v) is 6.98. The topological polar surface area (TPSA) is 150 Å². The van der Waals surface area contributed by atoms with Crippen LogP contribution >= 0.6 is 0 Å². The maximum Gasteiger partial charge on any atom is 0.336 e. The predicted octanol–water partition coefficient (Wildman–Crippen LogP) is 0.344. The van der Waals surface area contributed by atoms with Crippen molar-refractivity contribution in [3.63, 3.8) is 0 Å². The van der Waals surface area contributed by atoms with E-state index in [-0.39, 0.29) is 17.1 Å². The summed E-state index contributed by atoms with van der Waals surface area (Å²) in [6.45, 7) is -0.608. The van der Waals surface area contributed by atoms with E-state index in [2.05, 4.69) is 0 Å². The largest absolute Gasteiger partial charge is 0.507 e. The number of hydrogen-bond donors (Lipinski definition) is 5. The fraction of sp³-hybridized carbons (Fsp3) is 0.286. The van der Waals surface area contributed by atoms with Gasteiger partial charge in [-0.1, -0.05) is 30.3 Å². The van der Waals surface area contributed by atoms with Crippen molar-refractivity contribution >= 4 is 11.0 Å². The lowest BCUT2D eigenvalue weighted by Crippen LogP contribution is -2.60. The summed E-state index contributed by atoms with van der Waals surface area (Å²) in [6, 6.07) is 12.8. The molecule has 9 nitrogen and oxygen atoms in total. The Balaban J connectivity index is 1.73. The molecule has 1 aliphatic rings. The van der Waals surface area contributed by atoms with Crippen molar-refractivity contribution in [1.82, 2.24) is 0 Å². The maximum atomic E-state index is 12.1. The zero-order chi connectivity index (χ0) is 21.4. The number of aliphatic hydroxyl groups excluding tert-OH is 4. The van der Waals surface area contributed by atoms with Gasteiger partial charge in [0.25, 0.3) is 0 Å². The number of aliphatic hydroxyl groups is 4. The number of benzene rings is 2. The molecule has 1 saturated heterocycles. The second-order valence-electron chi connectivity index (χ2n) is 6.98. The van der Waals surface area contributed by atoms with E-state index in [0.29, 0.717) is 16.5 Å². The van der Waals surface area contributed by atoms with E-state index in [9.17, 15) is 30.3 Å². The van der Waals surface area contributed by atoms with Gasteiger partial charge in [-0.3, -0.25) is 0 Å². The van der Waals surface area contributed by atoms with E-state index < -0.39 is 42.9 Å². The van der Waals surface area contributed by atoms with Crippen molar-refractivity contribution in [1.29, 1.82) is 0 Å². The van der Waals surface area contributed by atoms with Gasteiger partial charge in [0.15, 0.2) is 0 Å². The van der Waals surface area contributed by atoms with Crippen LogP contribution < -0.4 is 10.4 Å². The van der Waals surface area contributed by atoms with E-state index in [0.717, 1.165) is 0 Å². The Labute approximate surface area is 170 Å². The lowest BCUT2D eigenvalue weighted by atomic mass is 9.99. The summed E-state index contributed by atoms with van der Waals surface area (Å²) in [5.74, 6) is -0.257. The van der Waals surface area contributed by atoms with Gasteiger partial charge in [-0.2, -0.15) is 0 Å². The molecule has 0 unspecified atom stereocenters. The van der Waals surface area contributed by atoms with Gasteiger partial charge in [-0.05, 0) is 5.56 Å². The predicted molar refractivity (Wildman–Crippen MR) is 104 cm³/mol. The van der Waals surface area contributed by atoms with Gasteiger partial charge in [-0.25, -0.2) is 4.79 Å². The van der Waals surface area contributed by atoms with Crippen LogP contribution in [0.5, 0.6) is 11.5 Å². The number of fused-ring (bicyclic) bond motifs is 1. The first-order chi connectivity index (χ1) is 14.4. The van der Waals surface area contributed by atoms with Crippen LogP contribution in [0.4, 0.5) is 0 Å². The van der Waals surface area contributed by atoms with Crippen molar-refractivity contribution in [2.45, 2.75) is 30.7 Å². The minimum Gasteiger partial charge on any atom is -0.507 e. The quantitative estimate of drug-likeness (QED) is 0.380. The molecule has 0 aliphatic carbocycles. The standard InChI is InChI=1S/C21H20O9/c22-9-15-18(25)19(26)20(27)21(30-15)28-11-6-13(23)17-12(10-4-2-1-3-5-10)8-16(24)29-14(17)7-11/h1-8,15,18-23,25-27H,9H2/t15-,18+,19-,20+,21+/m0/s1. The Kier molecular flexibility index (Phi) is 5.46. The molecule has 2 aromatic carbocycles. The van der Waals surface area contributed by atoms with Crippen LogP contribution in [0.15, 0.2) is 57.7 Å². The van der Waals surface area contributed by atoms with E-state index in [1.165, 1.54) is 18.2 Å². The van der Waals surface area contributed by atoms with Crippen LogP contribution in [-0.2, 0) is 4.74 Å². The molecule has 158 valence electrons. The van der Waals surface area contributed by atoms with Crippen LogP contribution in [0.25, 0.3) is 22.1 Å². The summed E-state index contributed by atoms with van der Waals surface area (Å²) in [7, 11) is 0. The third-order valence-electron chi connectivity index (χ3n) is 4.98. The lowest BCUT2D eigenvalue weighted by molar-refractivity contribution is -0.277. The average Bonchev–Trinajstić information content (AvgIpc) is 2.74. The van der Waals surface area contributed by atoms with Gasteiger partial charge in [0.1, 0.15) is 41.5 Å². The van der Waals surface area contributed by atoms with Crippen molar-refractivity contribution < 1.29 is 39.4 Å². The molecule has 0 saturated carbocycles. The Bertz CT molecular complexity index is 1090. The third-order valence-corrected chi connectivity index (χ3v) is 4.98. The van der Waals surface area contributed by atoms with Crippen molar-refractivity contribution in [2.75, 3.05) is 6.61 Å². The highest BCUT2D eigenvalue weighted by Gasteiger charge is 2.44. The summed E-state index contributed by atoms with van der Waals surface area (Å²) in [5.41, 5.74) is 0.582. The zero-order valence-corrected chi connectivity index (χ0v) is 15.6. The van der Waals surface area contributed by atoms with E-state index in [4.69, 9.17) is 13.9 Å². The summed E-state index contributed by atoms with van der Waals surface area (Å²) >= 11 is 0. The van der Waals surface area contributed by atoms with Gasteiger partial charge in [-0.15, -0.1) is 0 Å². The first kappa shape index (κ1) is 20.3. The number of ether oxygens (including phenoxy) is 2. The van der Waals surface area contributed by atoms with Gasteiger partial charge < -0.3 is 39.4 Å². The van der Waals surface area contributed by atoms with E-state index in [1.54, 1.807) is 24.3 Å². The average molecular weight is 416 g/mol. The van der Waals surface area contributed by atoms with Crippen LogP contribution in [0.2, 0.25) is 0 Å². The summed E-state index contributed by atoms with van der Waals surface area (Å²) in [5, 5.41) is 50.0. The van der Waals surface area contributed by atoms with Crippen LogP contribution in [-0.4, -0.2) is 62.8 Å². The summed E-state index contributed by atoms with van der Waals surface area (Å²) in [6.07, 6.45) is -7.35. The molecule has 5 N–H and O–H groups in total. The lowest BCUT2D eigenvalue weighted by Gasteiger charge is -2.39. The molecule has 0 bridgehead atoms. The van der Waals surface area contributed by atoms with Crippen molar-refractivity contribution in [3.05, 3.63) is 59.0 Å². The molecule has 2 heterocycles. The van der Waals surface area contributed by atoms with E-state index in [1.807, 2.05) is 6.07 Å². The molecule has 1 aliphatic heterocycles. The molecule has 5 atom stereocenters. The Morgan fingerprint density at radius 2 is 1.70 bits per heavy atom. The van der Waals surface area contributed by atoms with Crippen LogP contribution in [0.1, 0.15) is 0 Å². The zero-order valence-electron chi connectivity index (χ0n) is 15.6. The number of hydrogen-bond acceptors (Lipinski definition) is 9. The molecular weight excluding hydrogens is 396 g/mol. The van der Waals surface area contributed by atoms with E-state index >= 15 is 0 Å². The highest BCUT2D eigenvalue weighted by atomic mass is 16.7. The third kappa shape index (κ3) is 3.64. The minimum absolute atomic E-state index is 0.0160. The molecule has 0 radical (unpaired) electrons. The Morgan fingerprint density at radius 1 is 0.967 bits per heavy atom. The number of rotatable bonds is 4. The molecule has 30 heavy (non-hydrogen) atoms. The van der Waals surface area contributed by atoms with Crippen LogP contribution in [0, 0.1) is 0 Å². The van der Waals surface area contributed by atoms with Gasteiger partial charge in [0.05, 0.1) is 12.0 Å². The smallest absolute Gasteiger partial charge is 0.336 e. The van der Waals surface area contributed by atoms with Gasteiger partial charge >= 0.3 is 5.63 Å². The van der Waals surface area contributed by atoms with Crippen molar-refractivity contribution in [3.8, 4) is 22.6 Å².